The zero-order valence-electron chi connectivity index (χ0n) is 7.41. The van der Waals surface area contributed by atoms with E-state index in [1.807, 2.05) is 11.4 Å². The second-order valence-electron chi connectivity index (χ2n) is 2.48. The highest BCUT2D eigenvalue weighted by atomic mass is 32.1. The van der Waals surface area contributed by atoms with Crippen molar-refractivity contribution in [1.82, 2.24) is 5.32 Å². The summed E-state index contributed by atoms with van der Waals surface area (Å²) in [6.07, 6.45) is 0. The molecular weight excluding hydrogens is 200 g/mol. The third kappa shape index (κ3) is 3.47. The van der Waals surface area contributed by atoms with Crippen LogP contribution in [0.15, 0.2) is 11.4 Å². The second kappa shape index (κ2) is 5.27. The SMILES string of the molecule is NC(=O)NCc1cc(C#CCO)cs1. The summed E-state index contributed by atoms with van der Waals surface area (Å²) in [5, 5.41) is 12.8. The Bertz CT molecular complexity index is 376. The van der Waals surface area contributed by atoms with Crippen molar-refractivity contribution in [3.8, 4) is 11.8 Å². The van der Waals surface area contributed by atoms with E-state index in [4.69, 9.17) is 10.8 Å². The molecule has 0 aliphatic heterocycles. The Labute approximate surface area is 85.7 Å². The van der Waals surface area contributed by atoms with Crippen molar-refractivity contribution in [3.05, 3.63) is 21.9 Å². The van der Waals surface area contributed by atoms with Crippen molar-refractivity contribution >= 4 is 17.4 Å². The largest absolute Gasteiger partial charge is 0.384 e. The molecule has 0 fully saturated rings. The minimum atomic E-state index is -0.540. The van der Waals surface area contributed by atoms with Gasteiger partial charge in [-0.1, -0.05) is 11.8 Å². The van der Waals surface area contributed by atoms with Gasteiger partial charge in [0, 0.05) is 15.8 Å². The zero-order valence-corrected chi connectivity index (χ0v) is 8.23. The van der Waals surface area contributed by atoms with Gasteiger partial charge in [0.05, 0.1) is 6.54 Å². The van der Waals surface area contributed by atoms with Crippen LogP contribution < -0.4 is 11.1 Å². The van der Waals surface area contributed by atoms with E-state index in [1.54, 1.807) is 0 Å². The molecule has 0 atom stereocenters. The van der Waals surface area contributed by atoms with Crippen LogP contribution in [-0.4, -0.2) is 17.7 Å². The Hall–Kier alpha value is -1.51. The number of amides is 2. The fourth-order valence-electron chi connectivity index (χ4n) is 0.855. The van der Waals surface area contributed by atoms with E-state index < -0.39 is 6.03 Å². The van der Waals surface area contributed by atoms with Crippen LogP contribution in [0.2, 0.25) is 0 Å². The van der Waals surface area contributed by atoms with Gasteiger partial charge in [-0.15, -0.1) is 11.3 Å². The molecule has 5 heteroatoms. The van der Waals surface area contributed by atoms with Crippen LogP contribution in [-0.2, 0) is 6.54 Å². The predicted octanol–water partition coefficient (Wildman–Crippen LogP) is 0.260. The molecule has 0 saturated heterocycles. The Morgan fingerprint density at radius 1 is 1.71 bits per heavy atom. The van der Waals surface area contributed by atoms with Gasteiger partial charge in [-0.3, -0.25) is 0 Å². The van der Waals surface area contributed by atoms with E-state index >= 15 is 0 Å². The number of carbonyl (C=O) groups is 1. The van der Waals surface area contributed by atoms with Crippen molar-refractivity contribution in [2.45, 2.75) is 6.54 Å². The summed E-state index contributed by atoms with van der Waals surface area (Å²) < 4.78 is 0. The van der Waals surface area contributed by atoms with Gasteiger partial charge in [0.15, 0.2) is 0 Å². The molecule has 0 saturated carbocycles. The molecule has 0 radical (unpaired) electrons. The standard InChI is InChI=1S/C9H10N2O2S/c10-9(13)11-5-8-4-7(6-14-8)2-1-3-12/h4,6,12H,3,5H2,(H3,10,11,13). The average molecular weight is 210 g/mol. The van der Waals surface area contributed by atoms with Crippen LogP contribution >= 0.6 is 11.3 Å². The van der Waals surface area contributed by atoms with E-state index in [9.17, 15) is 4.79 Å². The topological polar surface area (TPSA) is 75.4 Å². The number of primary amides is 1. The molecule has 2 amide bonds. The molecule has 74 valence electrons. The van der Waals surface area contributed by atoms with E-state index in [1.165, 1.54) is 11.3 Å². The third-order valence-corrected chi connectivity index (χ3v) is 2.34. The van der Waals surface area contributed by atoms with Crippen LogP contribution in [0.4, 0.5) is 4.79 Å². The van der Waals surface area contributed by atoms with Crippen LogP contribution in [0.3, 0.4) is 0 Å². The molecule has 0 aliphatic carbocycles. The summed E-state index contributed by atoms with van der Waals surface area (Å²) in [4.78, 5) is 11.4. The lowest BCUT2D eigenvalue weighted by atomic mass is 10.3. The van der Waals surface area contributed by atoms with Crippen molar-refractivity contribution in [2.75, 3.05) is 6.61 Å². The lowest BCUT2D eigenvalue weighted by Gasteiger charge is -1.95. The number of aliphatic hydroxyl groups is 1. The summed E-state index contributed by atoms with van der Waals surface area (Å²) in [5.74, 6) is 5.31. The average Bonchev–Trinajstić information content (AvgIpc) is 2.59. The first-order valence-corrected chi connectivity index (χ1v) is 4.81. The molecule has 1 aromatic rings. The smallest absolute Gasteiger partial charge is 0.312 e. The summed E-state index contributed by atoms with van der Waals surface area (Å²) in [6.45, 7) is 0.269. The quantitative estimate of drug-likeness (QED) is 0.612. The fraction of sp³-hybridized carbons (Fsp3) is 0.222. The first-order chi connectivity index (χ1) is 6.72. The van der Waals surface area contributed by atoms with E-state index in [0.29, 0.717) is 6.54 Å². The predicted molar refractivity (Wildman–Crippen MR) is 54.7 cm³/mol. The molecule has 0 bridgehead atoms. The summed E-state index contributed by atoms with van der Waals surface area (Å²) in [7, 11) is 0. The molecular formula is C9H10N2O2S. The van der Waals surface area contributed by atoms with Crippen LogP contribution in [0, 0.1) is 11.8 Å². The summed E-state index contributed by atoms with van der Waals surface area (Å²) >= 11 is 1.49. The maximum Gasteiger partial charge on any atom is 0.312 e. The third-order valence-electron chi connectivity index (χ3n) is 1.40. The van der Waals surface area contributed by atoms with Gasteiger partial charge in [0.25, 0.3) is 0 Å². The van der Waals surface area contributed by atoms with Crippen LogP contribution in [0.5, 0.6) is 0 Å². The van der Waals surface area contributed by atoms with Gasteiger partial charge in [-0.25, -0.2) is 4.79 Å². The molecule has 1 rings (SSSR count). The number of aliphatic hydroxyl groups excluding tert-OH is 1. The van der Waals surface area contributed by atoms with Gasteiger partial charge in [0.1, 0.15) is 6.61 Å². The Morgan fingerprint density at radius 3 is 3.14 bits per heavy atom. The minimum Gasteiger partial charge on any atom is -0.384 e. The number of rotatable bonds is 2. The first kappa shape index (κ1) is 10.6. The van der Waals surface area contributed by atoms with Crippen molar-refractivity contribution in [1.29, 1.82) is 0 Å². The van der Waals surface area contributed by atoms with Gasteiger partial charge in [0.2, 0.25) is 0 Å². The van der Waals surface area contributed by atoms with Crippen molar-refractivity contribution in [3.63, 3.8) is 0 Å². The van der Waals surface area contributed by atoms with E-state index in [-0.39, 0.29) is 6.61 Å². The lowest BCUT2D eigenvalue weighted by molar-refractivity contribution is 0.248. The molecule has 0 spiro atoms. The van der Waals surface area contributed by atoms with E-state index in [0.717, 1.165) is 10.4 Å². The normalized spacial score (nSPS) is 8.93. The Morgan fingerprint density at radius 2 is 2.50 bits per heavy atom. The van der Waals surface area contributed by atoms with Gasteiger partial charge < -0.3 is 16.2 Å². The molecule has 14 heavy (non-hydrogen) atoms. The molecule has 0 aromatic carbocycles. The molecule has 4 N–H and O–H groups in total. The van der Waals surface area contributed by atoms with Crippen molar-refractivity contribution < 1.29 is 9.90 Å². The number of thiophene rings is 1. The molecule has 4 nitrogen and oxygen atoms in total. The maximum atomic E-state index is 10.4. The number of carbonyl (C=O) groups excluding carboxylic acids is 1. The monoisotopic (exact) mass is 210 g/mol. The molecule has 0 aliphatic rings. The molecule has 1 aromatic heterocycles. The summed E-state index contributed by atoms with van der Waals surface area (Å²) in [6, 6.07) is 1.31. The number of urea groups is 1. The lowest BCUT2D eigenvalue weighted by Crippen LogP contribution is -2.28. The van der Waals surface area contributed by atoms with Gasteiger partial charge >= 0.3 is 6.03 Å². The van der Waals surface area contributed by atoms with Crippen LogP contribution in [0.1, 0.15) is 10.4 Å². The summed E-state index contributed by atoms with van der Waals surface area (Å²) in [5.41, 5.74) is 5.76. The fourth-order valence-corrected chi connectivity index (χ4v) is 1.61. The number of nitrogens with two attached hydrogens (primary N) is 1. The highest BCUT2D eigenvalue weighted by molar-refractivity contribution is 7.10. The Kier molecular flexibility index (Phi) is 3.98. The maximum absolute atomic E-state index is 10.4. The van der Waals surface area contributed by atoms with E-state index in [2.05, 4.69) is 17.2 Å². The first-order valence-electron chi connectivity index (χ1n) is 3.93. The highest BCUT2D eigenvalue weighted by Gasteiger charge is 1.98. The Balaban J connectivity index is 2.55. The highest BCUT2D eigenvalue weighted by Crippen LogP contribution is 2.13. The molecule has 1 heterocycles. The molecule has 0 unspecified atom stereocenters. The number of hydrogen-bond donors (Lipinski definition) is 3. The van der Waals surface area contributed by atoms with Gasteiger partial charge in [-0.05, 0) is 6.07 Å². The number of hydrogen-bond acceptors (Lipinski definition) is 3. The van der Waals surface area contributed by atoms with Crippen LogP contribution in [0.25, 0.3) is 0 Å². The minimum absolute atomic E-state index is 0.148. The van der Waals surface area contributed by atoms with Gasteiger partial charge in [-0.2, -0.15) is 0 Å². The zero-order chi connectivity index (χ0) is 10.4. The number of nitrogens with one attached hydrogen (secondary N) is 1. The van der Waals surface area contributed by atoms with Crippen molar-refractivity contribution in [2.24, 2.45) is 5.73 Å². The second-order valence-corrected chi connectivity index (χ2v) is 3.48.